The van der Waals surface area contributed by atoms with E-state index in [1.54, 1.807) is 0 Å². The molecule has 3 heteroatoms. The quantitative estimate of drug-likeness (QED) is 0.768. The van der Waals surface area contributed by atoms with Crippen molar-refractivity contribution in [3.8, 4) is 0 Å². The van der Waals surface area contributed by atoms with Crippen molar-refractivity contribution < 1.29 is 24.6 Å². The number of aliphatic hydroxyl groups is 1. The van der Waals surface area contributed by atoms with E-state index in [0.717, 1.165) is 5.56 Å². The monoisotopic (exact) mass is 229 g/mol. The molecule has 13 heavy (non-hydrogen) atoms. The molecule has 0 saturated carbocycles. The van der Waals surface area contributed by atoms with E-state index >= 15 is 0 Å². The second-order valence-corrected chi connectivity index (χ2v) is 2.93. The van der Waals surface area contributed by atoms with Crippen molar-refractivity contribution in [3.63, 3.8) is 0 Å². The molecule has 1 aromatic rings. The summed E-state index contributed by atoms with van der Waals surface area (Å²) >= 11 is 0. The van der Waals surface area contributed by atoms with Crippen molar-refractivity contribution >= 4 is 0 Å². The van der Waals surface area contributed by atoms with Gasteiger partial charge in [-0.05, 0) is 19.5 Å². The summed E-state index contributed by atoms with van der Waals surface area (Å²) in [6.45, 7) is 1.96. The van der Waals surface area contributed by atoms with Crippen LogP contribution in [0.5, 0.6) is 0 Å². The van der Waals surface area contributed by atoms with Crippen molar-refractivity contribution in [2.75, 3.05) is 7.05 Å². The summed E-state index contributed by atoms with van der Waals surface area (Å²) in [7, 11) is 1.84. The molecule has 0 heterocycles. The Morgan fingerprint density at radius 3 is 2.23 bits per heavy atom. The summed E-state index contributed by atoms with van der Waals surface area (Å²) in [5.74, 6) is 0. The minimum Gasteiger partial charge on any atom is -0.387 e. The van der Waals surface area contributed by atoms with Crippen LogP contribution in [0.25, 0.3) is 0 Å². The minimum absolute atomic E-state index is 0. The molecule has 0 spiro atoms. The molecule has 1 rings (SSSR count). The SMILES string of the molecule is CN[C@H](C)[C@H](O)c1ccccc1.[Zn]. The number of likely N-dealkylation sites (N-methyl/N-ethyl adjacent to an activating group) is 1. The van der Waals surface area contributed by atoms with Crippen LogP contribution >= 0.6 is 0 Å². The van der Waals surface area contributed by atoms with E-state index in [9.17, 15) is 5.11 Å². The first-order chi connectivity index (χ1) is 5.75. The second kappa shape index (κ2) is 6.25. The van der Waals surface area contributed by atoms with E-state index in [1.807, 2.05) is 44.3 Å². The molecule has 2 N–H and O–H groups in total. The fraction of sp³-hybridized carbons (Fsp3) is 0.400. The third kappa shape index (κ3) is 3.55. The Bertz CT molecular complexity index is 228. The predicted molar refractivity (Wildman–Crippen MR) is 49.9 cm³/mol. The van der Waals surface area contributed by atoms with Crippen LogP contribution in [0.3, 0.4) is 0 Å². The maximum absolute atomic E-state index is 9.73. The van der Waals surface area contributed by atoms with E-state index in [0.29, 0.717) is 0 Å². The van der Waals surface area contributed by atoms with Gasteiger partial charge in [0.05, 0.1) is 6.10 Å². The van der Waals surface area contributed by atoms with Gasteiger partial charge in [-0.15, -0.1) is 0 Å². The van der Waals surface area contributed by atoms with E-state index in [4.69, 9.17) is 0 Å². The van der Waals surface area contributed by atoms with Gasteiger partial charge in [-0.2, -0.15) is 0 Å². The van der Waals surface area contributed by atoms with Crippen molar-refractivity contribution in [2.24, 2.45) is 0 Å². The number of hydrogen-bond acceptors (Lipinski definition) is 2. The van der Waals surface area contributed by atoms with Crippen molar-refractivity contribution in [1.82, 2.24) is 5.32 Å². The third-order valence-electron chi connectivity index (χ3n) is 2.07. The van der Waals surface area contributed by atoms with Gasteiger partial charge in [-0.3, -0.25) is 0 Å². The number of rotatable bonds is 3. The molecule has 0 amide bonds. The molecule has 0 saturated heterocycles. The van der Waals surface area contributed by atoms with Crippen LogP contribution in [0.15, 0.2) is 30.3 Å². The Morgan fingerprint density at radius 2 is 1.77 bits per heavy atom. The molecule has 0 aromatic heterocycles. The average Bonchev–Trinajstić information content (AvgIpc) is 2.17. The van der Waals surface area contributed by atoms with E-state index in [2.05, 4.69) is 5.32 Å². The van der Waals surface area contributed by atoms with E-state index in [1.165, 1.54) is 0 Å². The van der Waals surface area contributed by atoms with Crippen molar-refractivity contribution in [3.05, 3.63) is 35.9 Å². The summed E-state index contributed by atoms with van der Waals surface area (Å²) in [6, 6.07) is 9.76. The minimum atomic E-state index is -0.420. The molecule has 0 bridgehead atoms. The first kappa shape index (κ1) is 12.8. The predicted octanol–water partition coefficient (Wildman–Crippen LogP) is 1.33. The van der Waals surface area contributed by atoms with Gasteiger partial charge in [-0.1, -0.05) is 30.3 Å². The zero-order valence-corrected chi connectivity index (χ0v) is 11.2. The van der Waals surface area contributed by atoms with Crippen LogP contribution in [0.4, 0.5) is 0 Å². The summed E-state index contributed by atoms with van der Waals surface area (Å²) in [4.78, 5) is 0. The topological polar surface area (TPSA) is 32.3 Å². The fourth-order valence-electron chi connectivity index (χ4n) is 1.10. The Labute approximate surface area is 92.1 Å². The van der Waals surface area contributed by atoms with Crippen LogP contribution in [0.1, 0.15) is 18.6 Å². The zero-order valence-electron chi connectivity index (χ0n) is 8.20. The molecule has 0 fully saturated rings. The smallest absolute Gasteiger partial charge is 0.0940 e. The molecule has 1 aromatic carbocycles. The summed E-state index contributed by atoms with van der Waals surface area (Å²) < 4.78 is 0. The van der Waals surface area contributed by atoms with Gasteiger partial charge in [0.1, 0.15) is 0 Å². The van der Waals surface area contributed by atoms with Gasteiger partial charge in [0.2, 0.25) is 0 Å². The molecule has 68 valence electrons. The van der Waals surface area contributed by atoms with Crippen LogP contribution in [0, 0.1) is 0 Å². The molecule has 0 aliphatic heterocycles. The van der Waals surface area contributed by atoms with Gasteiger partial charge in [0.15, 0.2) is 0 Å². The standard InChI is InChI=1S/C10H15NO.Zn/c1-8(11-2)10(12)9-6-4-3-5-7-9;/h3-8,10-12H,1-2H3;/t8-,10+;/m1./s1. The van der Waals surface area contributed by atoms with Crippen LogP contribution in [-0.4, -0.2) is 18.2 Å². The zero-order chi connectivity index (χ0) is 8.97. The number of benzene rings is 1. The van der Waals surface area contributed by atoms with Gasteiger partial charge in [-0.25, -0.2) is 0 Å². The van der Waals surface area contributed by atoms with Gasteiger partial charge in [0, 0.05) is 25.5 Å². The van der Waals surface area contributed by atoms with E-state index in [-0.39, 0.29) is 25.5 Å². The Kier molecular flexibility index (Phi) is 6.14. The number of nitrogens with one attached hydrogen (secondary N) is 1. The van der Waals surface area contributed by atoms with Crippen molar-refractivity contribution in [1.29, 1.82) is 0 Å². The van der Waals surface area contributed by atoms with Crippen LogP contribution in [0.2, 0.25) is 0 Å². The normalized spacial score (nSPS) is 14.4. The molecule has 0 aliphatic carbocycles. The third-order valence-corrected chi connectivity index (χ3v) is 2.07. The van der Waals surface area contributed by atoms with Crippen LogP contribution < -0.4 is 5.32 Å². The average molecular weight is 231 g/mol. The maximum Gasteiger partial charge on any atom is 0.0940 e. The summed E-state index contributed by atoms with van der Waals surface area (Å²) in [5.41, 5.74) is 0.958. The Morgan fingerprint density at radius 1 is 1.23 bits per heavy atom. The molecule has 2 nitrogen and oxygen atoms in total. The van der Waals surface area contributed by atoms with Gasteiger partial charge >= 0.3 is 0 Å². The Hall–Kier alpha value is -0.237. The molecule has 0 unspecified atom stereocenters. The Balaban J connectivity index is 0.00000144. The number of hydrogen-bond donors (Lipinski definition) is 2. The molecule has 2 atom stereocenters. The first-order valence-electron chi connectivity index (χ1n) is 4.16. The fourth-order valence-corrected chi connectivity index (χ4v) is 1.10. The first-order valence-corrected chi connectivity index (χ1v) is 4.16. The molecule has 0 radical (unpaired) electrons. The summed E-state index contributed by atoms with van der Waals surface area (Å²) in [6.07, 6.45) is -0.420. The molecule has 0 aliphatic rings. The largest absolute Gasteiger partial charge is 0.387 e. The number of aliphatic hydroxyl groups excluding tert-OH is 1. The molecular weight excluding hydrogens is 216 g/mol. The van der Waals surface area contributed by atoms with Crippen molar-refractivity contribution in [2.45, 2.75) is 19.1 Å². The van der Waals surface area contributed by atoms with Crippen LogP contribution in [-0.2, 0) is 19.5 Å². The molecular formula is C10H15NOZn. The second-order valence-electron chi connectivity index (χ2n) is 2.93. The van der Waals surface area contributed by atoms with Gasteiger partial charge < -0.3 is 10.4 Å². The maximum atomic E-state index is 9.73. The van der Waals surface area contributed by atoms with Gasteiger partial charge in [0.25, 0.3) is 0 Å². The van der Waals surface area contributed by atoms with E-state index < -0.39 is 6.10 Å². The summed E-state index contributed by atoms with van der Waals surface area (Å²) in [5, 5.41) is 12.7.